The molecule has 0 heteroatoms. The van der Waals surface area contributed by atoms with E-state index in [4.69, 9.17) is 0 Å². The Bertz CT molecular complexity index is 158. The van der Waals surface area contributed by atoms with Crippen LogP contribution in [0.1, 0.15) is 12.8 Å². The first kappa shape index (κ1) is 7.07. The molecule has 0 unspecified atom stereocenters. The second-order valence-electron chi connectivity index (χ2n) is 2.20. The van der Waals surface area contributed by atoms with Crippen LogP contribution in [0.3, 0.4) is 0 Å². The van der Waals surface area contributed by atoms with Gasteiger partial charge in [-0.1, -0.05) is 48.6 Å². The maximum absolute atomic E-state index is 2.18. The molecule has 1 aliphatic carbocycles. The van der Waals surface area contributed by atoms with E-state index in [2.05, 4.69) is 36.5 Å². The van der Waals surface area contributed by atoms with Gasteiger partial charge in [-0.15, -0.1) is 0 Å². The van der Waals surface area contributed by atoms with Crippen molar-refractivity contribution < 1.29 is 0 Å². The molecule has 0 amide bonds. The Balaban J connectivity index is 2.53. The van der Waals surface area contributed by atoms with Crippen molar-refractivity contribution in [2.45, 2.75) is 12.8 Å². The lowest BCUT2D eigenvalue weighted by molar-refractivity contribution is 1.05. The van der Waals surface area contributed by atoms with Crippen molar-refractivity contribution in [3.8, 4) is 0 Å². The molecule has 0 radical (unpaired) electrons. The molecule has 52 valence electrons. The molecule has 1 rings (SSSR count). The van der Waals surface area contributed by atoms with Crippen LogP contribution < -0.4 is 0 Å². The molecule has 0 bridgehead atoms. The van der Waals surface area contributed by atoms with Crippen LogP contribution in [0.2, 0.25) is 0 Å². The van der Waals surface area contributed by atoms with E-state index in [0.717, 1.165) is 12.8 Å². The first-order chi connectivity index (χ1) is 5.00. The molecular formula is C10H12. The summed E-state index contributed by atoms with van der Waals surface area (Å²) in [7, 11) is 0. The molecule has 10 heavy (non-hydrogen) atoms. The topological polar surface area (TPSA) is 0 Å². The highest BCUT2D eigenvalue weighted by Crippen LogP contribution is 1.95. The number of allylic oxidation sites excluding steroid dienone is 8. The van der Waals surface area contributed by atoms with E-state index in [0.29, 0.717) is 0 Å². The van der Waals surface area contributed by atoms with Crippen molar-refractivity contribution >= 4 is 0 Å². The van der Waals surface area contributed by atoms with E-state index in [1.807, 2.05) is 12.2 Å². The molecule has 0 saturated heterocycles. The molecule has 1 aliphatic rings. The summed E-state index contributed by atoms with van der Waals surface area (Å²) in [5.41, 5.74) is 0. The first-order valence-electron chi connectivity index (χ1n) is 3.65. The van der Waals surface area contributed by atoms with Gasteiger partial charge in [0.05, 0.1) is 0 Å². The Hall–Kier alpha value is -1.04. The average Bonchev–Trinajstić information content (AvgIpc) is 2.01. The summed E-state index contributed by atoms with van der Waals surface area (Å²) in [6, 6.07) is 0. The van der Waals surface area contributed by atoms with Crippen LogP contribution in [0, 0.1) is 0 Å². The van der Waals surface area contributed by atoms with Crippen molar-refractivity contribution in [3.63, 3.8) is 0 Å². The monoisotopic (exact) mass is 132 g/mol. The number of hydrogen-bond acceptors (Lipinski definition) is 0. The third-order valence-corrected chi connectivity index (χ3v) is 1.33. The van der Waals surface area contributed by atoms with Crippen LogP contribution in [-0.4, -0.2) is 0 Å². The zero-order valence-corrected chi connectivity index (χ0v) is 6.03. The summed E-state index contributed by atoms with van der Waals surface area (Å²) in [5, 5.41) is 0. The Morgan fingerprint density at radius 1 is 0.500 bits per heavy atom. The molecule has 0 aliphatic heterocycles. The van der Waals surface area contributed by atoms with E-state index in [1.165, 1.54) is 0 Å². The van der Waals surface area contributed by atoms with Crippen LogP contribution >= 0.6 is 0 Å². The minimum Gasteiger partial charge on any atom is -0.0842 e. The fourth-order valence-corrected chi connectivity index (χ4v) is 0.799. The maximum Gasteiger partial charge on any atom is -0.0313 e. The van der Waals surface area contributed by atoms with E-state index in [1.54, 1.807) is 0 Å². The second-order valence-corrected chi connectivity index (χ2v) is 2.20. The predicted octanol–water partition coefficient (Wildman–Crippen LogP) is 3.01. The van der Waals surface area contributed by atoms with Crippen LogP contribution in [0.5, 0.6) is 0 Å². The summed E-state index contributed by atoms with van der Waals surface area (Å²) in [5.74, 6) is 0. The van der Waals surface area contributed by atoms with Gasteiger partial charge in [0.2, 0.25) is 0 Å². The highest BCUT2D eigenvalue weighted by molar-refractivity contribution is 5.16. The Kier molecular flexibility index (Phi) is 3.40. The molecule has 0 heterocycles. The zero-order chi connectivity index (χ0) is 7.07. The second kappa shape index (κ2) is 4.80. The largest absolute Gasteiger partial charge is 0.0842 e. The molecule has 0 atom stereocenters. The van der Waals surface area contributed by atoms with E-state index in [-0.39, 0.29) is 0 Å². The van der Waals surface area contributed by atoms with E-state index >= 15 is 0 Å². The minimum atomic E-state index is 1.15. The van der Waals surface area contributed by atoms with Gasteiger partial charge in [0.15, 0.2) is 0 Å². The summed E-state index contributed by atoms with van der Waals surface area (Å²) in [6.07, 6.45) is 19.0. The Morgan fingerprint density at radius 3 is 1.40 bits per heavy atom. The summed E-state index contributed by atoms with van der Waals surface area (Å²) < 4.78 is 0. The minimum absolute atomic E-state index is 1.15. The fraction of sp³-hybridized carbons (Fsp3) is 0.200. The molecule has 0 nitrogen and oxygen atoms in total. The number of rotatable bonds is 0. The molecule has 0 N–H and O–H groups in total. The van der Waals surface area contributed by atoms with Gasteiger partial charge in [-0.2, -0.15) is 0 Å². The van der Waals surface area contributed by atoms with Gasteiger partial charge in [0.25, 0.3) is 0 Å². The highest BCUT2D eigenvalue weighted by Gasteiger charge is 1.74. The van der Waals surface area contributed by atoms with Crippen molar-refractivity contribution in [1.29, 1.82) is 0 Å². The van der Waals surface area contributed by atoms with Crippen molar-refractivity contribution in [1.82, 2.24) is 0 Å². The van der Waals surface area contributed by atoms with Gasteiger partial charge in [-0.3, -0.25) is 0 Å². The van der Waals surface area contributed by atoms with Gasteiger partial charge >= 0.3 is 0 Å². The molecule has 0 aromatic carbocycles. The third-order valence-electron chi connectivity index (χ3n) is 1.33. The SMILES string of the molecule is C1=C\C=C\CC/C=C/C=C/1. The fourth-order valence-electron chi connectivity index (χ4n) is 0.799. The van der Waals surface area contributed by atoms with Crippen LogP contribution in [0.25, 0.3) is 0 Å². The van der Waals surface area contributed by atoms with Crippen molar-refractivity contribution in [2.75, 3.05) is 0 Å². The van der Waals surface area contributed by atoms with Gasteiger partial charge in [-0.25, -0.2) is 0 Å². The summed E-state index contributed by atoms with van der Waals surface area (Å²) >= 11 is 0. The predicted molar refractivity (Wildman–Crippen MR) is 45.8 cm³/mol. The zero-order valence-electron chi connectivity index (χ0n) is 6.03. The summed E-state index contributed by atoms with van der Waals surface area (Å²) in [4.78, 5) is 0. The van der Waals surface area contributed by atoms with Gasteiger partial charge in [0, 0.05) is 0 Å². The van der Waals surface area contributed by atoms with E-state index in [9.17, 15) is 0 Å². The van der Waals surface area contributed by atoms with Crippen LogP contribution in [0.4, 0.5) is 0 Å². The molecule has 0 aromatic heterocycles. The smallest absolute Gasteiger partial charge is 0.0313 e. The highest BCUT2D eigenvalue weighted by atomic mass is 13.8. The molecule has 0 aromatic rings. The lowest BCUT2D eigenvalue weighted by Crippen LogP contribution is -1.64. The molecular weight excluding hydrogens is 120 g/mol. The molecule has 0 fully saturated rings. The lowest BCUT2D eigenvalue weighted by Gasteiger charge is -1.85. The van der Waals surface area contributed by atoms with Gasteiger partial charge < -0.3 is 0 Å². The summed E-state index contributed by atoms with van der Waals surface area (Å²) in [6.45, 7) is 0. The quantitative estimate of drug-likeness (QED) is 0.475. The molecule has 0 spiro atoms. The van der Waals surface area contributed by atoms with Crippen LogP contribution in [-0.2, 0) is 0 Å². The van der Waals surface area contributed by atoms with Gasteiger partial charge in [0.1, 0.15) is 0 Å². The number of hydrogen-bond donors (Lipinski definition) is 0. The normalized spacial score (nSPS) is 30.4. The average molecular weight is 132 g/mol. The van der Waals surface area contributed by atoms with Crippen molar-refractivity contribution in [3.05, 3.63) is 48.6 Å². The van der Waals surface area contributed by atoms with E-state index < -0.39 is 0 Å². The van der Waals surface area contributed by atoms with Gasteiger partial charge in [-0.05, 0) is 12.8 Å². The Labute approximate surface area is 62.3 Å². The lowest BCUT2D eigenvalue weighted by atomic mass is 10.2. The van der Waals surface area contributed by atoms with Crippen molar-refractivity contribution in [2.24, 2.45) is 0 Å². The maximum atomic E-state index is 2.18. The Morgan fingerprint density at radius 2 is 0.900 bits per heavy atom. The van der Waals surface area contributed by atoms with Crippen LogP contribution in [0.15, 0.2) is 48.6 Å². The third kappa shape index (κ3) is 3.08. The standard InChI is InChI=1S/C10H12/c1-2-4-6-8-10-9-7-5-3-1/h1-8H,9-10H2/b3-1-,4-2+,7-5+,8-6+. The first-order valence-corrected chi connectivity index (χ1v) is 3.65. The molecule has 0 saturated carbocycles.